The van der Waals surface area contributed by atoms with Gasteiger partial charge in [-0.3, -0.25) is 14.8 Å². The molecule has 130 valence electrons. The third-order valence-corrected chi connectivity index (χ3v) is 5.01. The lowest BCUT2D eigenvalue weighted by atomic mass is 9.87. The Bertz CT molecular complexity index is 855. The van der Waals surface area contributed by atoms with Gasteiger partial charge in [-0.15, -0.1) is 0 Å². The zero-order chi connectivity index (χ0) is 18.0. The van der Waals surface area contributed by atoms with Crippen LogP contribution in [0.15, 0.2) is 35.6 Å². The molecule has 25 heavy (non-hydrogen) atoms. The molecule has 1 aliphatic heterocycles. The molecule has 0 spiro atoms. The molecule has 1 aromatic heterocycles. The van der Waals surface area contributed by atoms with E-state index in [0.717, 1.165) is 11.3 Å². The van der Waals surface area contributed by atoms with Crippen LogP contribution in [0, 0.1) is 12.7 Å². The number of carbonyl (C=O) groups excluding carboxylic acids is 1. The Hall–Kier alpha value is -2.28. The van der Waals surface area contributed by atoms with Gasteiger partial charge in [-0.2, -0.15) is 0 Å². The molecule has 0 saturated heterocycles. The van der Waals surface area contributed by atoms with E-state index in [1.807, 2.05) is 6.92 Å². The molecule has 0 bridgehead atoms. The second-order valence-electron chi connectivity index (χ2n) is 6.28. The van der Waals surface area contributed by atoms with Crippen LogP contribution >= 0.6 is 11.8 Å². The summed E-state index contributed by atoms with van der Waals surface area (Å²) >= 11 is 1.47. The highest BCUT2D eigenvalue weighted by molar-refractivity contribution is 8.13. The molecule has 7 heteroatoms. The van der Waals surface area contributed by atoms with E-state index < -0.39 is 5.54 Å². The fourth-order valence-corrected chi connectivity index (χ4v) is 3.82. The summed E-state index contributed by atoms with van der Waals surface area (Å²) in [5, 5.41) is 0.463. The van der Waals surface area contributed by atoms with E-state index in [1.165, 1.54) is 24.0 Å². The van der Waals surface area contributed by atoms with Gasteiger partial charge in [0.2, 0.25) is 0 Å². The smallest absolute Gasteiger partial charge is 0.187 e. The maximum Gasteiger partial charge on any atom is 0.187 e. The number of aliphatic imine (C=N–C) groups is 1. The van der Waals surface area contributed by atoms with E-state index in [1.54, 1.807) is 25.3 Å². The van der Waals surface area contributed by atoms with Crippen molar-refractivity contribution < 1.29 is 9.18 Å². The minimum Gasteiger partial charge on any atom is -0.379 e. The Morgan fingerprint density at radius 2 is 2.20 bits per heavy atom. The van der Waals surface area contributed by atoms with Crippen LogP contribution in [0.5, 0.6) is 0 Å². The number of aromatic nitrogens is 2. The predicted molar refractivity (Wildman–Crippen MR) is 97.3 cm³/mol. The molecule has 1 aromatic carbocycles. The van der Waals surface area contributed by atoms with Crippen molar-refractivity contribution in [3.05, 3.63) is 58.9 Å². The van der Waals surface area contributed by atoms with E-state index >= 15 is 0 Å². The van der Waals surface area contributed by atoms with Crippen LogP contribution in [0.1, 0.15) is 40.7 Å². The molecule has 5 nitrogen and oxygen atoms in total. The van der Waals surface area contributed by atoms with Gasteiger partial charge in [-0.05, 0) is 38.0 Å². The third kappa shape index (κ3) is 3.87. The van der Waals surface area contributed by atoms with E-state index in [-0.39, 0.29) is 18.0 Å². The van der Waals surface area contributed by atoms with Crippen LogP contribution in [0.2, 0.25) is 0 Å². The van der Waals surface area contributed by atoms with Crippen molar-refractivity contribution in [3.8, 4) is 0 Å². The SMILES string of the molecule is Cc1cncc(C(=O)Cc2ccc(F)c([C@]3(C)CCSC(N)=N3)c2)n1. The van der Waals surface area contributed by atoms with E-state index in [2.05, 4.69) is 15.0 Å². The van der Waals surface area contributed by atoms with Gasteiger partial charge in [-0.25, -0.2) is 9.37 Å². The van der Waals surface area contributed by atoms with Gasteiger partial charge in [0.15, 0.2) is 11.0 Å². The van der Waals surface area contributed by atoms with Crippen LogP contribution in [0.25, 0.3) is 0 Å². The molecule has 2 heterocycles. The van der Waals surface area contributed by atoms with Crippen molar-refractivity contribution in [1.29, 1.82) is 0 Å². The number of halogens is 1. The summed E-state index contributed by atoms with van der Waals surface area (Å²) in [6, 6.07) is 4.72. The lowest BCUT2D eigenvalue weighted by molar-refractivity contribution is 0.0987. The predicted octanol–water partition coefficient (Wildman–Crippen LogP) is 3.02. The number of hydrogen-bond donors (Lipinski definition) is 1. The van der Waals surface area contributed by atoms with Crippen molar-refractivity contribution in [3.63, 3.8) is 0 Å². The van der Waals surface area contributed by atoms with Gasteiger partial charge in [-0.1, -0.05) is 17.8 Å². The zero-order valence-corrected chi connectivity index (χ0v) is 14.9. The summed E-state index contributed by atoms with van der Waals surface area (Å²) in [6.07, 6.45) is 3.87. The molecule has 0 unspecified atom stereocenters. The number of amidine groups is 1. The Balaban J connectivity index is 1.89. The van der Waals surface area contributed by atoms with E-state index in [4.69, 9.17) is 5.73 Å². The van der Waals surface area contributed by atoms with Gasteiger partial charge >= 0.3 is 0 Å². The highest BCUT2D eigenvalue weighted by Gasteiger charge is 2.32. The highest BCUT2D eigenvalue weighted by Crippen LogP contribution is 2.36. The molecule has 3 rings (SSSR count). The molecule has 0 radical (unpaired) electrons. The second-order valence-corrected chi connectivity index (χ2v) is 7.40. The van der Waals surface area contributed by atoms with Gasteiger partial charge in [0, 0.05) is 23.9 Å². The van der Waals surface area contributed by atoms with Crippen LogP contribution < -0.4 is 5.73 Å². The first kappa shape index (κ1) is 17.5. The number of carbonyl (C=O) groups is 1. The van der Waals surface area contributed by atoms with E-state index in [0.29, 0.717) is 28.5 Å². The number of thioether (sulfide) groups is 1. The van der Waals surface area contributed by atoms with Crippen molar-refractivity contribution in [2.24, 2.45) is 10.7 Å². The number of ketones is 1. The van der Waals surface area contributed by atoms with E-state index in [9.17, 15) is 9.18 Å². The van der Waals surface area contributed by atoms with Crippen LogP contribution in [-0.4, -0.2) is 26.7 Å². The summed E-state index contributed by atoms with van der Waals surface area (Å²) in [7, 11) is 0. The molecule has 0 saturated carbocycles. The lowest BCUT2D eigenvalue weighted by Crippen LogP contribution is -2.29. The number of aryl methyl sites for hydroxylation is 1. The van der Waals surface area contributed by atoms with Crippen molar-refractivity contribution in [2.75, 3.05) is 5.75 Å². The van der Waals surface area contributed by atoms with Gasteiger partial charge < -0.3 is 5.73 Å². The number of nitrogens with zero attached hydrogens (tertiary/aromatic N) is 3. The average Bonchev–Trinajstić information content (AvgIpc) is 2.56. The number of nitrogens with two attached hydrogens (primary N) is 1. The first-order valence-corrected chi connectivity index (χ1v) is 8.95. The highest BCUT2D eigenvalue weighted by atomic mass is 32.2. The minimum atomic E-state index is -0.707. The van der Waals surface area contributed by atoms with Gasteiger partial charge in [0.1, 0.15) is 11.5 Å². The molecule has 2 N–H and O–H groups in total. The summed E-state index contributed by atoms with van der Waals surface area (Å²) in [6.45, 7) is 3.65. The van der Waals surface area contributed by atoms with Gasteiger partial charge in [0.25, 0.3) is 0 Å². The monoisotopic (exact) mass is 358 g/mol. The number of hydrogen-bond acceptors (Lipinski definition) is 6. The van der Waals surface area contributed by atoms with Gasteiger partial charge in [0.05, 0.1) is 17.4 Å². The van der Waals surface area contributed by atoms with Crippen molar-refractivity contribution in [1.82, 2.24) is 9.97 Å². The quantitative estimate of drug-likeness (QED) is 0.850. The summed E-state index contributed by atoms with van der Waals surface area (Å²) in [4.78, 5) is 25.1. The van der Waals surface area contributed by atoms with Crippen LogP contribution in [-0.2, 0) is 12.0 Å². The zero-order valence-electron chi connectivity index (χ0n) is 14.1. The minimum absolute atomic E-state index is 0.134. The molecule has 1 atom stereocenters. The maximum atomic E-state index is 14.4. The number of rotatable bonds is 4. The first-order chi connectivity index (χ1) is 11.9. The maximum absolute atomic E-state index is 14.4. The largest absolute Gasteiger partial charge is 0.379 e. The van der Waals surface area contributed by atoms with Crippen molar-refractivity contribution >= 4 is 22.7 Å². The molecular formula is C18H19FN4OS. The summed E-state index contributed by atoms with van der Waals surface area (Å²) in [5.74, 6) is 0.298. The van der Waals surface area contributed by atoms with Crippen LogP contribution in [0.3, 0.4) is 0 Å². The molecule has 2 aromatic rings. The first-order valence-electron chi connectivity index (χ1n) is 7.96. The topological polar surface area (TPSA) is 81.2 Å². The average molecular weight is 358 g/mol. The van der Waals surface area contributed by atoms with Crippen LogP contribution in [0.4, 0.5) is 4.39 Å². The number of Topliss-reactive ketones (excluding diaryl/α,β-unsaturated/α-hetero) is 1. The molecule has 1 aliphatic rings. The molecule has 0 amide bonds. The Morgan fingerprint density at radius 3 is 2.92 bits per heavy atom. The summed E-state index contributed by atoms with van der Waals surface area (Å²) in [5.41, 5.74) is 7.31. The number of benzene rings is 1. The van der Waals surface area contributed by atoms with Crippen molar-refractivity contribution in [2.45, 2.75) is 32.2 Å². The standard InChI is InChI=1S/C18H19FN4OS/c1-11-9-21-10-15(22-11)16(24)8-12-3-4-14(19)13(7-12)18(2)5-6-25-17(20)23-18/h3-4,7,9-10H,5-6,8H2,1-2H3,(H2,20,23)/t18-/m0/s1. The summed E-state index contributed by atoms with van der Waals surface area (Å²) < 4.78 is 14.4. The Kier molecular flexibility index (Phi) is 4.85. The molecule has 0 fully saturated rings. The fraction of sp³-hybridized carbons (Fsp3) is 0.333. The molecule has 0 aliphatic carbocycles. The third-order valence-electron chi connectivity index (χ3n) is 4.21. The Labute approximate surface area is 150 Å². The second kappa shape index (κ2) is 6.92. The Morgan fingerprint density at radius 1 is 1.40 bits per heavy atom. The molecular weight excluding hydrogens is 339 g/mol. The normalized spacial score (nSPS) is 20.2. The fourth-order valence-electron chi connectivity index (χ4n) is 2.85. The lowest BCUT2D eigenvalue weighted by Gasteiger charge is -2.30.